The highest BCUT2D eigenvalue weighted by Gasteiger charge is 2.29. The molecule has 0 aliphatic rings. The number of alkyl halides is 3. The molecule has 0 fully saturated rings. The Bertz CT molecular complexity index is 790. The van der Waals surface area contributed by atoms with Gasteiger partial charge in [0.2, 0.25) is 0 Å². The summed E-state index contributed by atoms with van der Waals surface area (Å²) in [6, 6.07) is 8.37. The molecule has 0 aromatic heterocycles. The van der Waals surface area contributed by atoms with E-state index in [1.165, 1.54) is 18.3 Å². The van der Waals surface area contributed by atoms with E-state index < -0.39 is 17.6 Å². The summed E-state index contributed by atoms with van der Waals surface area (Å²) < 4.78 is 43.0. The molecule has 0 aliphatic carbocycles. The first-order chi connectivity index (χ1) is 12.2. The molecule has 0 saturated heterocycles. The largest absolute Gasteiger partial charge is 0.483 e. The van der Waals surface area contributed by atoms with Crippen molar-refractivity contribution in [2.75, 3.05) is 6.61 Å². The van der Waals surface area contributed by atoms with E-state index in [-0.39, 0.29) is 6.61 Å². The number of aryl methyl sites for hydroxylation is 3. The van der Waals surface area contributed by atoms with Gasteiger partial charge in [-0.25, -0.2) is 5.43 Å². The number of benzene rings is 2. The molecule has 7 heteroatoms. The van der Waals surface area contributed by atoms with E-state index in [4.69, 9.17) is 4.74 Å². The number of halogens is 3. The molecule has 0 radical (unpaired) electrons. The molecular formula is C19H19F3N2O2. The van der Waals surface area contributed by atoms with Crippen LogP contribution in [0.3, 0.4) is 0 Å². The van der Waals surface area contributed by atoms with Gasteiger partial charge in [-0.15, -0.1) is 0 Å². The normalized spacial score (nSPS) is 11.6. The van der Waals surface area contributed by atoms with Crippen molar-refractivity contribution >= 4 is 12.1 Å². The lowest BCUT2D eigenvalue weighted by Crippen LogP contribution is -2.25. The summed E-state index contributed by atoms with van der Waals surface area (Å²) in [7, 11) is 0. The van der Waals surface area contributed by atoms with Gasteiger partial charge in [-0.3, -0.25) is 4.79 Å². The Morgan fingerprint density at radius 1 is 1.12 bits per heavy atom. The van der Waals surface area contributed by atoms with Gasteiger partial charge in [0, 0.05) is 0 Å². The van der Waals surface area contributed by atoms with Gasteiger partial charge in [0.25, 0.3) is 5.91 Å². The van der Waals surface area contributed by atoms with Gasteiger partial charge in [-0.1, -0.05) is 29.8 Å². The van der Waals surface area contributed by atoms with Crippen LogP contribution in [0.4, 0.5) is 13.2 Å². The molecule has 0 bridgehead atoms. The van der Waals surface area contributed by atoms with Crippen molar-refractivity contribution in [3.05, 3.63) is 64.2 Å². The van der Waals surface area contributed by atoms with Gasteiger partial charge in [-0.05, 0) is 49.6 Å². The predicted molar refractivity (Wildman–Crippen MR) is 93.3 cm³/mol. The maximum absolute atomic E-state index is 12.5. The Kier molecular flexibility index (Phi) is 6.02. The summed E-state index contributed by atoms with van der Waals surface area (Å²) in [4.78, 5) is 11.8. The van der Waals surface area contributed by atoms with Crippen molar-refractivity contribution in [3.63, 3.8) is 0 Å². The zero-order valence-corrected chi connectivity index (χ0v) is 14.6. The molecule has 2 rings (SSSR count). The lowest BCUT2D eigenvalue weighted by molar-refractivity contribution is -0.137. The van der Waals surface area contributed by atoms with Crippen molar-refractivity contribution < 1.29 is 22.7 Å². The highest BCUT2D eigenvalue weighted by Crippen LogP contribution is 2.28. The van der Waals surface area contributed by atoms with Gasteiger partial charge < -0.3 is 4.74 Å². The Balaban J connectivity index is 1.88. The van der Waals surface area contributed by atoms with Crippen molar-refractivity contribution in [2.45, 2.75) is 26.9 Å². The number of carbonyl (C=O) groups excluding carboxylic acids is 1. The maximum Gasteiger partial charge on any atom is 0.416 e. The van der Waals surface area contributed by atoms with Crippen LogP contribution in [0.5, 0.6) is 5.75 Å². The predicted octanol–water partition coefficient (Wildman–Crippen LogP) is 4.16. The van der Waals surface area contributed by atoms with Crippen LogP contribution in [-0.4, -0.2) is 18.7 Å². The molecule has 26 heavy (non-hydrogen) atoms. The van der Waals surface area contributed by atoms with E-state index in [9.17, 15) is 18.0 Å². The summed E-state index contributed by atoms with van der Waals surface area (Å²) in [5.41, 5.74) is 4.95. The maximum atomic E-state index is 12.5. The number of rotatable bonds is 5. The Morgan fingerprint density at radius 2 is 1.69 bits per heavy atom. The Morgan fingerprint density at radius 3 is 2.23 bits per heavy atom. The van der Waals surface area contributed by atoms with E-state index in [0.717, 1.165) is 28.8 Å². The fourth-order valence-corrected chi connectivity index (χ4v) is 2.50. The van der Waals surface area contributed by atoms with Crippen molar-refractivity contribution in [1.29, 1.82) is 0 Å². The van der Waals surface area contributed by atoms with Crippen LogP contribution in [0.25, 0.3) is 0 Å². The van der Waals surface area contributed by atoms with Crippen LogP contribution >= 0.6 is 0 Å². The third-order valence-electron chi connectivity index (χ3n) is 3.59. The zero-order valence-electron chi connectivity index (χ0n) is 14.6. The van der Waals surface area contributed by atoms with Crippen LogP contribution in [0.15, 0.2) is 41.5 Å². The monoisotopic (exact) mass is 364 g/mol. The number of nitrogens with zero attached hydrogens (tertiary/aromatic N) is 1. The third-order valence-corrected chi connectivity index (χ3v) is 3.59. The average Bonchev–Trinajstić information content (AvgIpc) is 2.53. The topological polar surface area (TPSA) is 50.7 Å². The third kappa shape index (κ3) is 5.34. The first kappa shape index (κ1) is 19.5. The molecule has 0 atom stereocenters. The molecule has 2 aromatic carbocycles. The van der Waals surface area contributed by atoms with Gasteiger partial charge in [0.15, 0.2) is 6.61 Å². The SMILES string of the molecule is Cc1cc(C)c(OCC(=O)NN=Cc2ccc(C(F)(F)F)cc2)c(C)c1. The van der Waals surface area contributed by atoms with Gasteiger partial charge in [-0.2, -0.15) is 18.3 Å². The van der Waals surface area contributed by atoms with Crippen molar-refractivity contribution in [3.8, 4) is 5.75 Å². The lowest BCUT2D eigenvalue weighted by atomic mass is 10.1. The van der Waals surface area contributed by atoms with Crippen LogP contribution in [0.2, 0.25) is 0 Å². The first-order valence-corrected chi connectivity index (χ1v) is 7.86. The Hall–Kier alpha value is -2.83. The molecule has 0 unspecified atom stereocenters. The van der Waals surface area contributed by atoms with Crippen LogP contribution in [0, 0.1) is 20.8 Å². The molecular weight excluding hydrogens is 345 g/mol. The van der Waals surface area contributed by atoms with E-state index in [0.29, 0.717) is 11.3 Å². The fourth-order valence-electron chi connectivity index (χ4n) is 2.50. The molecule has 4 nitrogen and oxygen atoms in total. The lowest BCUT2D eigenvalue weighted by Gasteiger charge is -2.12. The van der Waals surface area contributed by atoms with E-state index in [2.05, 4.69) is 10.5 Å². The molecule has 0 aliphatic heterocycles. The Labute approximate surface area is 149 Å². The number of ether oxygens (including phenoxy) is 1. The molecule has 2 aromatic rings. The number of hydrogen-bond donors (Lipinski definition) is 1. The molecule has 138 valence electrons. The molecule has 0 heterocycles. The second kappa shape index (κ2) is 8.03. The molecule has 1 amide bonds. The number of hydrazone groups is 1. The quantitative estimate of drug-likeness (QED) is 0.640. The molecule has 0 saturated carbocycles. The molecule has 0 spiro atoms. The smallest absolute Gasteiger partial charge is 0.416 e. The number of nitrogens with one attached hydrogen (secondary N) is 1. The van der Waals surface area contributed by atoms with Crippen LogP contribution < -0.4 is 10.2 Å². The summed E-state index contributed by atoms with van der Waals surface area (Å²) in [5.74, 6) is 0.185. The fraction of sp³-hybridized carbons (Fsp3) is 0.263. The second-order valence-electron chi connectivity index (χ2n) is 5.93. The summed E-state index contributed by atoms with van der Waals surface area (Å²) in [6.45, 7) is 5.56. The summed E-state index contributed by atoms with van der Waals surface area (Å²) in [6.07, 6.45) is -3.12. The summed E-state index contributed by atoms with van der Waals surface area (Å²) >= 11 is 0. The van der Waals surface area contributed by atoms with Crippen molar-refractivity contribution in [1.82, 2.24) is 5.43 Å². The van der Waals surface area contributed by atoms with E-state index in [1.54, 1.807) is 0 Å². The number of hydrogen-bond acceptors (Lipinski definition) is 3. The van der Waals surface area contributed by atoms with Gasteiger partial charge in [0.05, 0.1) is 11.8 Å². The van der Waals surface area contributed by atoms with Gasteiger partial charge in [0.1, 0.15) is 5.75 Å². The van der Waals surface area contributed by atoms with Crippen LogP contribution in [-0.2, 0) is 11.0 Å². The zero-order chi connectivity index (χ0) is 19.3. The highest BCUT2D eigenvalue weighted by molar-refractivity contribution is 5.83. The minimum atomic E-state index is -4.38. The van der Waals surface area contributed by atoms with Crippen molar-refractivity contribution in [2.24, 2.45) is 5.10 Å². The molecule has 1 N–H and O–H groups in total. The standard InChI is InChI=1S/C19H19F3N2O2/c1-12-8-13(2)18(14(3)9-12)26-11-17(25)24-23-10-15-4-6-16(7-5-15)19(20,21)22/h4-10H,11H2,1-3H3,(H,24,25). The minimum absolute atomic E-state index is 0.213. The van der Waals surface area contributed by atoms with E-state index >= 15 is 0 Å². The first-order valence-electron chi connectivity index (χ1n) is 7.86. The summed E-state index contributed by atoms with van der Waals surface area (Å²) in [5, 5.41) is 3.72. The highest BCUT2D eigenvalue weighted by atomic mass is 19.4. The number of amides is 1. The van der Waals surface area contributed by atoms with Gasteiger partial charge >= 0.3 is 6.18 Å². The number of carbonyl (C=O) groups is 1. The minimum Gasteiger partial charge on any atom is -0.483 e. The van der Waals surface area contributed by atoms with E-state index in [1.807, 2.05) is 32.9 Å². The average molecular weight is 364 g/mol. The second-order valence-corrected chi connectivity index (χ2v) is 5.93. The van der Waals surface area contributed by atoms with Crippen LogP contribution in [0.1, 0.15) is 27.8 Å².